The molecule has 122 valence electrons. The molecule has 0 saturated carbocycles. The fraction of sp³-hybridized carbons (Fsp3) is 0.857. The Bertz CT molecular complexity index is 338. The molecule has 0 bridgehead atoms. The molecule has 0 radical (unpaired) electrons. The fourth-order valence-corrected chi connectivity index (χ4v) is 2.21. The zero-order chi connectivity index (χ0) is 15.7. The number of amides is 2. The Morgan fingerprint density at radius 1 is 1.38 bits per heavy atom. The fourth-order valence-electron chi connectivity index (χ4n) is 2.21. The molecule has 1 fully saturated rings. The monoisotopic (exact) mass is 301 g/mol. The minimum atomic E-state index is -0.773. The van der Waals surface area contributed by atoms with Crippen molar-refractivity contribution in [3.8, 4) is 0 Å². The van der Waals surface area contributed by atoms with Crippen LogP contribution in [0.4, 0.5) is 4.79 Å². The van der Waals surface area contributed by atoms with Crippen molar-refractivity contribution in [1.29, 1.82) is 0 Å². The van der Waals surface area contributed by atoms with E-state index < -0.39 is 5.97 Å². The van der Waals surface area contributed by atoms with Gasteiger partial charge in [0.2, 0.25) is 0 Å². The first-order chi connectivity index (χ1) is 9.97. The average Bonchev–Trinajstić information content (AvgIpc) is 2.43. The predicted octanol–water partition coefficient (Wildman–Crippen LogP) is 0.507. The number of carboxylic acids is 1. The van der Waals surface area contributed by atoms with Crippen molar-refractivity contribution in [2.24, 2.45) is 5.92 Å². The van der Waals surface area contributed by atoms with Crippen molar-refractivity contribution in [2.75, 3.05) is 39.8 Å². The number of urea groups is 1. The topological polar surface area (TPSA) is 90.9 Å². The molecule has 3 N–H and O–H groups in total. The van der Waals surface area contributed by atoms with Gasteiger partial charge in [-0.15, -0.1) is 0 Å². The minimum absolute atomic E-state index is 0.0454. The smallest absolute Gasteiger partial charge is 0.314 e. The summed E-state index contributed by atoms with van der Waals surface area (Å²) in [6, 6.07) is -0.197. The Balaban J connectivity index is 2.04. The number of aliphatic carboxylic acids is 1. The normalized spacial score (nSPS) is 20.8. The van der Waals surface area contributed by atoms with Crippen LogP contribution in [0.25, 0.3) is 0 Å². The van der Waals surface area contributed by atoms with Crippen LogP contribution in [0.2, 0.25) is 0 Å². The van der Waals surface area contributed by atoms with E-state index in [2.05, 4.69) is 15.5 Å². The highest BCUT2D eigenvalue weighted by atomic mass is 16.5. The molecule has 2 amide bonds. The molecule has 0 aromatic rings. The second-order valence-electron chi connectivity index (χ2n) is 5.72. The van der Waals surface area contributed by atoms with Gasteiger partial charge in [-0.2, -0.15) is 0 Å². The first-order valence-corrected chi connectivity index (χ1v) is 7.51. The van der Waals surface area contributed by atoms with Crippen LogP contribution in [-0.2, 0) is 9.53 Å². The van der Waals surface area contributed by atoms with Crippen LogP contribution in [0.5, 0.6) is 0 Å². The number of morpholine rings is 1. The lowest BCUT2D eigenvalue weighted by Gasteiger charge is -2.30. The summed E-state index contributed by atoms with van der Waals surface area (Å²) in [5.74, 6) is -0.485. The van der Waals surface area contributed by atoms with Crippen molar-refractivity contribution in [3.05, 3.63) is 0 Å². The third-order valence-electron chi connectivity index (χ3n) is 3.61. The molecule has 1 rings (SSSR count). The summed E-state index contributed by atoms with van der Waals surface area (Å²) in [5.41, 5.74) is 0. The Hall–Kier alpha value is -1.34. The van der Waals surface area contributed by atoms with E-state index in [-0.39, 0.29) is 24.5 Å². The third-order valence-corrected chi connectivity index (χ3v) is 3.61. The molecule has 0 aromatic heterocycles. The van der Waals surface area contributed by atoms with E-state index in [0.29, 0.717) is 26.1 Å². The standard InChI is InChI=1S/C14H27N3O4/c1-11(3-4-13(18)19)5-6-15-14(20)16-9-12-10-17(2)7-8-21-12/h11-12H,3-10H2,1-2H3,(H,18,19)(H2,15,16,20). The molecular formula is C14H27N3O4. The molecule has 0 aliphatic carbocycles. The molecule has 1 saturated heterocycles. The zero-order valence-corrected chi connectivity index (χ0v) is 12.9. The highest BCUT2D eigenvalue weighted by Crippen LogP contribution is 2.09. The maximum Gasteiger partial charge on any atom is 0.314 e. The van der Waals surface area contributed by atoms with Gasteiger partial charge >= 0.3 is 12.0 Å². The summed E-state index contributed by atoms with van der Waals surface area (Å²) in [7, 11) is 2.04. The van der Waals surface area contributed by atoms with Gasteiger partial charge in [0.05, 0.1) is 12.7 Å². The molecule has 0 spiro atoms. The van der Waals surface area contributed by atoms with Gasteiger partial charge < -0.3 is 25.4 Å². The van der Waals surface area contributed by atoms with E-state index in [1.54, 1.807) is 0 Å². The van der Waals surface area contributed by atoms with E-state index >= 15 is 0 Å². The van der Waals surface area contributed by atoms with Gasteiger partial charge in [0.1, 0.15) is 0 Å². The SMILES string of the molecule is CC(CCNC(=O)NCC1CN(C)CCO1)CCC(=O)O. The Kier molecular flexibility index (Phi) is 8.07. The van der Waals surface area contributed by atoms with Gasteiger partial charge in [0.15, 0.2) is 0 Å². The van der Waals surface area contributed by atoms with Crippen molar-refractivity contribution in [3.63, 3.8) is 0 Å². The van der Waals surface area contributed by atoms with Gasteiger partial charge in [-0.05, 0) is 25.8 Å². The zero-order valence-electron chi connectivity index (χ0n) is 12.9. The highest BCUT2D eigenvalue weighted by molar-refractivity contribution is 5.73. The van der Waals surface area contributed by atoms with Crippen LogP contribution < -0.4 is 10.6 Å². The highest BCUT2D eigenvalue weighted by Gasteiger charge is 2.18. The largest absolute Gasteiger partial charge is 0.481 e. The minimum Gasteiger partial charge on any atom is -0.481 e. The number of rotatable bonds is 8. The lowest BCUT2D eigenvalue weighted by atomic mass is 10.0. The van der Waals surface area contributed by atoms with E-state index in [1.165, 1.54) is 0 Å². The maximum atomic E-state index is 11.6. The predicted molar refractivity (Wildman–Crippen MR) is 79.3 cm³/mol. The molecule has 1 heterocycles. The summed E-state index contributed by atoms with van der Waals surface area (Å²) < 4.78 is 5.56. The van der Waals surface area contributed by atoms with Crippen LogP contribution in [0.3, 0.4) is 0 Å². The summed E-state index contributed by atoms with van der Waals surface area (Å²) >= 11 is 0. The molecule has 7 heteroatoms. The van der Waals surface area contributed by atoms with Crippen LogP contribution in [-0.4, -0.2) is 67.9 Å². The third kappa shape index (κ3) is 8.52. The van der Waals surface area contributed by atoms with Crippen LogP contribution in [0.15, 0.2) is 0 Å². The van der Waals surface area contributed by atoms with Crippen LogP contribution in [0, 0.1) is 5.92 Å². The van der Waals surface area contributed by atoms with Crippen LogP contribution in [0.1, 0.15) is 26.2 Å². The number of likely N-dealkylation sites (N-methyl/N-ethyl adjacent to an activating group) is 1. The second kappa shape index (κ2) is 9.57. The lowest BCUT2D eigenvalue weighted by molar-refractivity contribution is -0.137. The molecule has 1 aliphatic heterocycles. The summed E-state index contributed by atoms with van der Waals surface area (Å²) in [6.07, 6.45) is 1.65. The number of ether oxygens (including phenoxy) is 1. The van der Waals surface area contributed by atoms with Gasteiger partial charge in [-0.25, -0.2) is 4.79 Å². The number of nitrogens with zero attached hydrogens (tertiary/aromatic N) is 1. The number of carbonyl (C=O) groups excluding carboxylic acids is 1. The maximum absolute atomic E-state index is 11.6. The molecule has 7 nitrogen and oxygen atoms in total. The quantitative estimate of drug-likeness (QED) is 0.607. The second-order valence-corrected chi connectivity index (χ2v) is 5.72. The number of carboxylic acid groups (broad SMARTS) is 1. The van der Waals surface area contributed by atoms with Gasteiger partial charge in [0.25, 0.3) is 0 Å². The van der Waals surface area contributed by atoms with Crippen molar-refractivity contribution >= 4 is 12.0 Å². The van der Waals surface area contributed by atoms with Gasteiger partial charge in [-0.1, -0.05) is 6.92 Å². The van der Waals surface area contributed by atoms with Gasteiger partial charge in [-0.3, -0.25) is 4.79 Å². The first kappa shape index (κ1) is 17.7. The van der Waals surface area contributed by atoms with Crippen molar-refractivity contribution in [1.82, 2.24) is 15.5 Å². The number of nitrogens with one attached hydrogen (secondary N) is 2. The van der Waals surface area contributed by atoms with E-state index in [0.717, 1.165) is 19.5 Å². The van der Waals surface area contributed by atoms with Crippen molar-refractivity contribution < 1.29 is 19.4 Å². The van der Waals surface area contributed by atoms with E-state index in [1.807, 2.05) is 14.0 Å². The number of hydrogen-bond donors (Lipinski definition) is 3. The van der Waals surface area contributed by atoms with Crippen LogP contribution >= 0.6 is 0 Å². The van der Waals surface area contributed by atoms with Gasteiger partial charge in [0, 0.05) is 32.6 Å². The summed E-state index contributed by atoms with van der Waals surface area (Å²) in [6.45, 7) is 5.51. The Morgan fingerprint density at radius 3 is 2.81 bits per heavy atom. The molecule has 1 aliphatic rings. The summed E-state index contributed by atoms with van der Waals surface area (Å²) in [5, 5.41) is 14.2. The molecular weight excluding hydrogens is 274 g/mol. The lowest BCUT2D eigenvalue weighted by Crippen LogP contribution is -2.48. The molecule has 2 atom stereocenters. The summed E-state index contributed by atoms with van der Waals surface area (Å²) in [4.78, 5) is 24.3. The molecule has 21 heavy (non-hydrogen) atoms. The van der Waals surface area contributed by atoms with E-state index in [9.17, 15) is 9.59 Å². The van der Waals surface area contributed by atoms with E-state index in [4.69, 9.17) is 9.84 Å². The molecule has 2 unspecified atom stereocenters. The molecule has 0 aromatic carbocycles. The Labute approximate surface area is 126 Å². The van der Waals surface area contributed by atoms with Crippen molar-refractivity contribution in [2.45, 2.75) is 32.3 Å². The average molecular weight is 301 g/mol. The number of carbonyl (C=O) groups is 2. The number of hydrogen-bond acceptors (Lipinski definition) is 4. The first-order valence-electron chi connectivity index (χ1n) is 7.51. The Morgan fingerprint density at radius 2 is 2.14 bits per heavy atom.